The molecule has 1 aromatic rings. The second-order valence-electron chi connectivity index (χ2n) is 4.64. The van der Waals surface area contributed by atoms with Crippen molar-refractivity contribution in [3.8, 4) is 0 Å². The molecule has 1 saturated heterocycles. The second-order valence-corrected chi connectivity index (χ2v) is 4.64. The van der Waals surface area contributed by atoms with Crippen LogP contribution < -0.4 is 0 Å². The maximum Gasteiger partial charge on any atom is 0.312 e. The van der Waals surface area contributed by atoms with E-state index in [4.69, 9.17) is 0 Å². The molecule has 1 aromatic carbocycles. The molecule has 0 aliphatic carbocycles. The lowest BCUT2D eigenvalue weighted by molar-refractivity contribution is -0.157. The van der Waals surface area contributed by atoms with Crippen LogP contribution in [0.3, 0.4) is 0 Å². The van der Waals surface area contributed by atoms with Crippen molar-refractivity contribution in [2.24, 2.45) is 0 Å². The monoisotopic (exact) mass is 260 g/mol. The van der Waals surface area contributed by atoms with Gasteiger partial charge < -0.3 is 9.80 Å². The smallest absolute Gasteiger partial charge is 0.312 e. The number of rotatable bonds is 4. The molecule has 0 N–H and O–H groups in total. The maximum atomic E-state index is 11.9. The summed E-state index contributed by atoms with van der Waals surface area (Å²) in [6, 6.07) is 9.53. The molecule has 1 aliphatic rings. The Morgan fingerprint density at radius 3 is 2.26 bits per heavy atom. The third-order valence-corrected chi connectivity index (χ3v) is 3.03. The van der Waals surface area contributed by atoms with E-state index in [2.05, 4.69) is 0 Å². The molecule has 100 valence electrons. The summed E-state index contributed by atoms with van der Waals surface area (Å²) in [4.78, 5) is 37.6. The molecular weight excluding hydrogens is 244 g/mol. The van der Waals surface area contributed by atoms with E-state index in [-0.39, 0.29) is 12.3 Å². The minimum atomic E-state index is -0.586. The van der Waals surface area contributed by atoms with Gasteiger partial charge in [-0.3, -0.25) is 14.4 Å². The van der Waals surface area contributed by atoms with Crippen LogP contribution in [0, 0.1) is 0 Å². The van der Waals surface area contributed by atoms with E-state index >= 15 is 0 Å². The van der Waals surface area contributed by atoms with Crippen LogP contribution >= 0.6 is 0 Å². The van der Waals surface area contributed by atoms with Crippen LogP contribution in [0.2, 0.25) is 0 Å². The normalized spacial score (nSPS) is 15.8. The van der Waals surface area contributed by atoms with Gasteiger partial charge in [0.05, 0.1) is 6.54 Å². The van der Waals surface area contributed by atoms with Crippen molar-refractivity contribution in [2.45, 2.75) is 13.5 Å². The van der Waals surface area contributed by atoms with Crippen molar-refractivity contribution >= 4 is 17.6 Å². The highest BCUT2D eigenvalue weighted by Gasteiger charge is 2.32. The standard InChI is InChI=1S/C14H16N2O3/c1-11(17)9-15-7-8-16(14(19)13(15)18)10-12-5-3-2-4-6-12/h2-6H,7-10H2,1H3. The molecule has 5 heteroatoms. The average molecular weight is 260 g/mol. The van der Waals surface area contributed by atoms with E-state index in [1.807, 2.05) is 30.3 Å². The Labute approximate surface area is 111 Å². The number of hydrogen-bond acceptors (Lipinski definition) is 3. The quantitative estimate of drug-likeness (QED) is 0.738. The fourth-order valence-electron chi connectivity index (χ4n) is 2.09. The zero-order chi connectivity index (χ0) is 13.8. The van der Waals surface area contributed by atoms with Crippen LogP contribution in [0.25, 0.3) is 0 Å². The molecular formula is C14H16N2O3. The van der Waals surface area contributed by atoms with Gasteiger partial charge in [0, 0.05) is 19.6 Å². The fraction of sp³-hybridized carbons (Fsp3) is 0.357. The molecule has 19 heavy (non-hydrogen) atoms. The zero-order valence-electron chi connectivity index (χ0n) is 10.8. The summed E-state index contributed by atoms with van der Waals surface area (Å²) >= 11 is 0. The first-order valence-corrected chi connectivity index (χ1v) is 6.19. The summed E-state index contributed by atoms with van der Waals surface area (Å²) in [5.74, 6) is -1.23. The Balaban J connectivity index is 2.01. The molecule has 1 aliphatic heterocycles. The molecule has 0 saturated carbocycles. The van der Waals surface area contributed by atoms with Gasteiger partial charge >= 0.3 is 11.8 Å². The van der Waals surface area contributed by atoms with Gasteiger partial charge in [0.2, 0.25) is 0 Å². The van der Waals surface area contributed by atoms with E-state index in [9.17, 15) is 14.4 Å². The van der Waals surface area contributed by atoms with Gasteiger partial charge in [0.1, 0.15) is 5.78 Å². The molecule has 0 unspecified atom stereocenters. The summed E-state index contributed by atoms with van der Waals surface area (Å²) in [6.07, 6.45) is 0. The van der Waals surface area contributed by atoms with Gasteiger partial charge in [0.15, 0.2) is 0 Å². The molecule has 2 amide bonds. The van der Waals surface area contributed by atoms with Gasteiger partial charge in [0.25, 0.3) is 0 Å². The highest BCUT2D eigenvalue weighted by Crippen LogP contribution is 2.10. The van der Waals surface area contributed by atoms with Gasteiger partial charge in [-0.1, -0.05) is 30.3 Å². The van der Waals surface area contributed by atoms with Crippen LogP contribution in [0.4, 0.5) is 0 Å². The SMILES string of the molecule is CC(=O)CN1CCN(Cc2ccccc2)C(=O)C1=O. The molecule has 5 nitrogen and oxygen atoms in total. The molecule has 2 rings (SSSR count). The lowest BCUT2D eigenvalue weighted by Crippen LogP contribution is -2.54. The number of hydrogen-bond donors (Lipinski definition) is 0. The molecule has 1 fully saturated rings. The third kappa shape index (κ3) is 3.19. The van der Waals surface area contributed by atoms with E-state index in [1.54, 1.807) is 0 Å². The van der Waals surface area contributed by atoms with Crippen molar-refractivity contribution < 1.29 is 14.4 Å². The van der Waals surface area contributed by atoms with E-state index in [0.29, 0.717) is 19.6 Å². The van der Waals surface area contributed by atoms with Crippen LogP contribution in [-0.2, 0) is 20.9 Å². The summed E-state index contributed by atoms with van der Waals surface area (Å²) in [7, 11) is 0. The van der Waals surface area contributed by atoms with Crippen LogP contribution in [0.1, 0.15) is 12.5 Å². The molecule has 0 aromatic heterocycles. The second kappa shape index (κ2) is 5.65. The summed E-state index contributed by atoms with van der Waals surface area (Å²) < 4.78 is 0. The van der Waals surface area contributed by atoms with Crippen LogP contribution in [0.15, 0.2) is 30.3 Å². The predicted molar refractivity (Wildman–Crippen MR) is 69.1 cm³/mol. The Bertz CT molecular complexity index is 499. The van der Waals surface area contributed by atoms with Gasteiger partial charge in [-0.15, -0.1) is 0 Å². The molecule has 1 heterocycles. The topological polar surface area (TPSA) is 57.7 Å². The Morgan fingerprint density at radius 1 is 1.05 bits per heavy atom. The first-order valence-electron chi connectivity index (χ1n) is 6.19. The summed E-state index contributed by atoms with van der Waals surface area (Å²) in [5, 5.41) is 0. The number of benzene rings is 1. The Kier molecular flexibility index (Phi) is 3.94. The first kappa shape index (κ1) is 13.3. The number of amides is 2. The molecule has 0 spiro atoms. The number of carbonyl (C=O) groups is 3. The Morgan fingerprint density at radius 2 is 1.63 bits per heavy atom. The molecule has 0 atom stereocenters. The van der Waals surface area contributed by atoms with Crippen molar-refractivity contribution in [3.05, 3.63) is 35.9 Å². The van der Waals surface area contributed by atoms with Crippen molar-refractivity contribution in [1.29, 1.82) is 0 Å². The van der Waals surface area contributed by atoms with Crippen LogP contribution in [0.5, 0.6) is 0 Å². The zero-order valence-corrected chi connectivity index (χ0v) is 10.8. The first-order chi connectivity index (χ1) is 9.08. The minimum absolute atomic E-state index is 0.0176. The summed E-state index contributed by atoms with van der Waals surface area (Å²) in [6.45, 7) is 2.74. The van der Waals surface area contributed by atoms with E-state index in [1.165, 1.54) is 16.7 Å². The predicted octanol–water partition coefficient (Wildman–Crippen LogP) is 0.446. The lowest BCUT2D eigenvalue weighted by atomic mass is 10.2. The number of piperazine rings is 1. The number of Topliss-reactive ketones (excluding diaryl/α,β-unsaturated/α-hetero) is 1. The van der Waals surface area contributed by atoms with Gasteiger partial charge in [-0.25, -0.2) is 0 Å². The van der Waals surface area contributed by atoms with Crippen molar-refractivity contribution in [2.75, 3.05) is 19.6 Å². The van der Waals surface area contributed by atoms with E-state index in [0.717, 1.165) is 5.56 Å². The highest BCUT2D eigenvalue weighted by atomic mass is 16.2. The van der Waals surface area contributed by atoms with E-state index < -0.39 is 11.8 Å². The molecule has 0 bridgehead atoms. The largest absolute Gasteiger partial charge is 0.328 e. The number of ketones is 1. The molecule has 0 radical (unpaired) electrons. The van der Waals surface area contributed by atoms with Gasteiger partial charge in [-0.05, 0) is 12.5 Å². The highest BCUT2D eigenvalue weighted by molar-refractivity contribution is 6.35. The fourth-order valence-corrected chi connectivity index (χ4v) is 2.09. The van der Waals surface area contributed by atoms with Crippen molar-refractivity contribution in [3.63, 3.8) is 0 Å². The average Bonchev–Trinajstić information content (AvgIpc) is 2.39. The number of carbonyl (C=O) groups excluding carboxylic acids is 3. The van der Waals surface area contributed by atoms with Gasteiger partial charge in [-0.2, -0.15) is 0 Å². The Hall–Kier alpha value is -2.17. The van der Waals surface area contributed by atoms with Crippen molar-refractivity contribution in [1.82, 2.24) is 9.80 Å². The minimum Gasteiger partial charge on any atom is -0.328 e. The third-order valence-electron chi connectivity index (χ3n) is 3.03. The van der Waals surface area contributed by atoms with Crippen LogP contribution in [-0.4, -0.2) is 47.0 Å². The summed E-state index contributed by atoms with van der Waals surface area (Å²) in [5.41, 5.74) is 0.990. The maximum absolute atomic E-state index is 11.9. The lowest BCUT2D eigenvalue weighted by Gasteiger charge is -2.33. The number of nitrogens with zero attached hydrogens (tertiary/aromatic N) is 2.